The lowest BCUT2D eigenvalue weighted by Crippen LogP contribution is -2.15. The summed E-state index contributed by atoms with van der Waals surface area (Å²) < 4.78 is 6.55. The molecule has 0 bridgehead atoms. The number of pyridine rings is 1. The van der Waals surface area contributed by atoms with Gasteiger partial charge in [-0.15, -0.1) is 0 Å². The summed E-state index contributed by atoms with van der Waals surface area (Å²) in [4.78, 5) is 15.4. The van der Waals surface area contributed by atoms with Crippen LogP contribution in [0.4, 0.5) is 5.69 Å². The third-order valence-electron chi connectivity index (χ3n) is 2.35. The number of nitrogen functional groups attached to an aromatic ring is 1. The highest BCUT2D eigenvalue weighted by Crippen LogP contribution is 2.00. The van der Waals surface area contributed by atoms with Gasteiger partial charge in [0.15, 0.2) is 0 Å². The first-order valence-corrected chi connectivity index (χ1v) is 5.56. The first kappa shape index (κ1) is 12.1. The monoisotopic (exact) mass is 246 g/mol. The smallest absolute Gasteiger partial charge is 0.327 e. The van der Waals surface area contributed by atoms with Gasteiger partial charge in [0.25, 0.3) is 0 Å². The molecule has 0 saturated carbocycles. The summed E-state index contributed by atoms with van der Waals surface area (Å²) >= 11 is 0. The van der Waals surface area contributed by atoms with E-state index in [-0.39, 0.29) is 12.5 Å². The zero-order chi connectivity index (χ0) is 12.8. The van der Waals surface area contributed by atoms with E-state index in [4.69, 9.17) is 10.5 Å². The Balaban J connectivity index is 1.72. The minimum absolute atomic E-state index is 0.0769. The standard InChI is InChI=1S/C12H14N4O2/c13-11-7-15-16(8-11)9-12(17)18-6-3-10-1-4-14-5-2-10/h1-2,4-5,7-8H,3,6,9,13H2. The molecule has 18 heavy (non-hydrogen) atoms. The predicted octanol–water partition coefficient (Wildman–Crippen LogP) is 0.646. The Bertz CT molecular complexity index is 510. The molecule has 0 atom stereocenters. The lowest BCUT2D eigenvalue weighted by atomic mass is 10.2. The number of esters is 1. The molecule has 0 spiro atoms. The van der Waals surface area contributed by atoms with Gasteiger partial charge in [0, 0.05) is 25.0 Å². The van der Waals surface area contributed by atoms with Crippen molar-refractivity contribution in [2.24, 2.45) is 0 Å². The summed E-state index contributed by atoms with van der Waals surface area (Å²) in [7, 11) is 0. The second-order valence-corrected chi connectivity index (χ2v) is 3.80. The van der Waals surface area contributed by atoms with E-state index in [1.807, 2.05) is 12.1 Å². The third-order valence-corrected chi connectivity index (χ3v) is 2.35. The zero-order valence-corrected chi connectivity index (χ0v) is 9.82. The van der Waals surface area contributed by atoms with Crippen LogP contribution in [0.25, 0.3) is 0 Å². The molecule has 2 rings (SSSR count). The quantitative estimate of drug-likeness (QED) is 0.783. The molecule has 2 aromatic rings. The fourth-order valence-electron chi connectivity index (χ4n) is 1.48. The van der Waals surface area contributed by atoms with Gasteiger partial charge >= 0.3 is 5.97 Å². The van der Waals surface area contributed by atoms with Crippen LogP contribution in [0.3, 0.4) is 0 Å². The molecule has 0 saturated heterocycles. The SMILES string of the molecule is Nc1cnn(CC(=O)OCCc2ccncc2)c1. The van der Waals surface area contributed by atoms with E-state index in [2.05, 4.69) is 10.1 Å². The third kappa shape index (κ3) is 3.58. The molecule has 6 heteroatoms. The first-order valence-electron chi connectivity index (χ1n) is 5.56. The number of hydrogen-bond donors (Lipinski definition) is 1. The molecule has 6 nitrogen and oxygen atoms in total. The fourth-order valence-corrected chi connectivity index (χ4v) is 1.48. The highest BCUT2D eigenvalue weighted by atomic mass is 16.5. The van der Waals surface area contributed by atoms with Gasteiger partial charge in [-0.25, -0.2) is 0 Å². The number of carbonyl (C=O) groups is 1. The van der Waals surface area contributed by atoms with Crippen molar-refractivity contribution in [3.8, 4) is 0 Å². The molecular weight excluding hydrogens is 232 g/mol. The Morgan fingerprint density at radius 2 is 2.17 bits per heavy atom. The van der Waals surface area contributed by atoms with E-state index >= 15 is 0 Å². The number of anilines is 1. The number of hydrogen-bond acceptors (Lipinski definition) is 5. The van der Waals surface area contributed by atoms with Crippen molar-refractivity contribution in [3.63, 3.8) is 0 Å². The van der Waals surface area contributed by atoms with E-state index in [9.17, 15) is 4.79 Å². The van der Waals surface area contributed by atoms with Crippen molar-refractivity contribution >= 4 is 11.7 Å². The Morgan fingerprint density at radius 3 is 2.83 bits per heavy atom. The minimum atomic E-state index is -0.327. The molecule has 94 valence electrons. The molecular formula is C12H14N4O2. The molecule has 0 aliphatic heterocycles. The van der Waals surface area contributed by atoms with Gasteiger partial charge in [-0.2, -0.15) is 5.10 Å². The number of nitrogens with zero attached hydrogens (tertiary/aromatic N) is 3. The minimum Gasteiger partial charge on any atom is -0.464 e. The molecule has 0 fully saturated rings. The lowest BCUT2D eigenvalue weighted by Gasteiger charge is -2.04. The van der Waals surface area contributed by atoms with E-state index < -0.39 is 0 Å². The Hall–Kier alpha value is -2.37. The predicted molar refractivity (Wildman–Crippen MR) is 65.5 cm³/mol. The topological polar surface area (TPSA) is 83.0 Å². The van der Waals surface area contributed by atoms with Gasteiger partial charge < -0.3 is 10.5 Å². The number of carbonyl (C=O) groups excluding carboxylic acids is 1. The van der Waals surface area contributed by atoms with Crippen molar-refractivity contribution in [1.29, 1.82) is 0 Å². The van der Waals surface area contributed by atoms with Crippen molar-refractivity contribution in [1.82, 2.24) is 14.8 Å². The molecule has 0 radical (unpaired) electrons. The average molecular weight is 246 g/mol. The van der Waals surface area contributed by atoms with Crippen LogP contribution in [-0.4, -0.2) is 27.3 Å². The van der Waals surface area contributed by atoms with Gasteiger partial charge in [0.2, 0.25) is 0 Å². The van der Waals surface area contributed by atoms with Gasteiger partial charge in [-0.1, -0.05) is 0 Å². The van der Waals surface area contributed by atoms with Crippen molar-refractivity contribution < 1.29 is 9.53 Å². The van der Waals surface area contributed by atoms with Crippen molar-refractivity contribution in [2.75, 3.05) is 12.3 Å². The molecule has 2 N–H and O–H groups in total. The Kier molecular flexibility index (Phi) is 3.90. The molecule has 0 unspecified atom stereocenters. The van der Waals surface area contributed by atoms with Gasteiger partial charge in [0.05, 0.1) is 18.5 Å². The average Bonchev–Trinajstić information content (AvgIpc) is 2.76. The molecule has 0 amide bonds. The van der Waals surface area contributed by atoms with Gasteiger partial charge in [0.1, 0.15) is 6.54 Å². The maximum absolute atomic E-state index is 11.5. The highest BCUT2D eigenvalue weighted by molar-refractivity contribution is 5.69. The Morgan fingerprint density at radius 1 is 1.39 bits per heavy atom. The second kappa shape index (κ2) is 5.81. The fraction of sp³-hybridized carbons (Fsp3) is 0.250. The highest BCUT2D eigenvalue weighted by Gasteiger charge is 2.05. The van der Waals surface area contributed by atoms with Crippen molar-refractivity contribution in [3.05, 3.63) is 42.5 Å². The van der Waals surface area contributed by atoms with E-state index in [0.29, 0.717) is 18.7 Å². The van der Waals surface area contributed by atoms with E-state index in [1.165, 1.54) is 10.9 Å². The molecule has 0 aliphatic rings. The number of aromatic nitrogens is 3. The summed E-state index contributed by atoms with van der Waals surface area (Å²) in [5.41, 5.74) is 7.10. The summed E-state index contributed by atoms with van der Waals surface area (Å²) in [5, 5.41) is 3.90. The van der Waals surface area contributed by atoms with Crippen LogP contribution in [0.5, 0.6) is 0 Å². The van der Waals surface area contributed by atoms with E-state index in [1.54, 1.807) is 18.6 Å². The largest absolute Gasteiger partial charge is 0.464 e. The number of nitrogens with two attached hydrogens (primary N) is 1. The summed E-state index contributed by atoms with van der Waals surface area (Å²) in [5.74, 6) is -0.327. The zero-order valence-electron chi connectivity index (χ0n) is 9.82. The second-order valence-electron chi connectivity index (χ2n) is 3.80. The normalized spacial score (nSPS) is 10.2. The molecule has 0 aliphatic carbocycles. The van der Waals surface area contributed by atoms with E-state index in [0.717, 1.165) is 5.56 Å². The van der Waals surface area contributed by atoms with Crippen LogP contribution < -0.4 is 5.73 Å². The van der Waals surface area contributed by atoms with Gasteiger partial charge in [-0.3, -0.25) is 14.5 Å². The summed E-state index contributed by atoms with van der Waals surface area (Å²) in [6.45, 7) is 0.424. The van der Waals surface area contributed by atoms with Gasteiger partial charge in [-0.05, 0) is 17.7 Å². The molecule has 2 heterocycles. The lowest BCUT2D eigenvalue weighted by molar-refractivity contribution is -0.144. The summed E-state index contributed by atoms with van der Waals surface area (Å²) in [6, 6.07) is 3.78. The molecule has 0 aromatic carbocycles. The van der Waals surface area contributed by atoms with Crippen LogP contribution in [0.15, 0.2) is 36.9 Å². The maximum Gasteiger partial charge on any atom is 0.327 e. The maximum atomic E-state index is 11.5. The number of ether oxygens (including phenoxy) is 1. The van der Waals surface area contributed by atoms with Crippen LogP contribution in [0.2, 0.25) is 0 Å². The van der Waals surface area contributed by atoms with Crippen LogP contribution in [0.1, 0.15) is 5.56 Å². The summed E-state index contributed by atoms with van der Waals surface area (Å²) in [6.07, 6.45) is 7.18. The van der Waals surface area contributed by atoms with Crippen LogP contribution in [-0.2, 0) is 22.5 Å². The van der Waals surface area contributed by atoms with Crippen LogP contribution in [0, 0.1) is 0 Å². The van der Waals surface area contributed by atoms with Crippen LogP contribution >= 0.6 is 0 Å². The Labute approximate surface area is 104 Å². The first-order chi connectivity index (χ1) is 8.74. The molecule has 2 aromatic heterocycles. The number of rotatable bonds is 5. The van der Waals surface area contributed by atoms with Crippen molar-refractivity contribution in [2.45, 2.75) is 13.0 Å².